The topological polar surface area (TPSA) is 23.6 Å². The van der Waals surface area contributed by atoms with Crippen LogP contribution in [0.3, 0.4) is 0 Å². The van der Waals surface area contributed by atoms with E-state index >= 15 is 0 Å². The van der Waals surface area contributed by atoms with Gasteiger partial charge in [-0.25, -0.2) is 4.79 Å². The van der Waals surface area contributed by atoms with Crippen molar-refractivity contribution in [2.24, 2.45) is 0 Å². The van der Waals surface area contributed by atoms with E-state index in [1.54, 1.807) is 9.80 Å². The molecule has 0 aliphatic heterocycles. The first kappa shape index (κ1) is 12.3. The smallest absolute Gasteiger partial charge is 0.319 e. The lowest BCUT2D eigenvalue weighted by molar-refractivity contribution is 0.174. The monoisotopic (exact) mass is 186 g/mol. The minimum absolute atomic E-state index is 0.124. The number of hydrogen-bond donors (Lipinski definition) is 0. The molecule has 0 bridgehead atoms. The molecule has 0 aliphatic carbocycles. The second kappa shape index (κ2) is 6.75. The molecule has 0 fully saturated rings. The van der Waals surface area contributed by atoms with E-state index in [4.69, 9.17) is 0 Å². The molecule has 78 valence electrons. The molecule has 0 spiro atoms. The summed E-state index contributed by atoms with van der Waals surface area (Å²) in [5, 5.41) is 0. The molecular formula is C10H22N2O. The number of nitrogens with zero attached hydrogens (tertiary/aromatic N) is 2. The van der Waals surface area contributed by atoms with Gasteiger partial charge in [0, 0.05) is 27.2 Å². The lowest BCUT2D eigenvalue weighted by Gasteiger charge is -2.23. The molecule has 2 amide bonds. The van der Waals surface area contributed by atoms with Gasteiger partial charge in [0.15, 0.2) is 0 Å². The van der Waals surface area contributed by atoms with Gasteiger partial charge in [-0.05, 0) is 13.3 Å². The van der Waals surface area contributed by atoms with Gasteiger partial charge in [0.25, 0.3) is 0 Å². The van der Waals surface area contributed by atoms with Crippen LogP contribution in [0.2, 0.25) is 0 Å². The zero-order valence-corrected chi connectivity index (χ0v) is 9.34. The van der Waals surface area contributed by atoms with Crippen molar-refractivity contribution in [3.63, 3.8) is 0 Å². The van der Waals surface area contributed by atoms with E-state index in [9.17, 15) is 4.79 Å². The van der Waals surface area contributed by atoms with Crippen LogP contribution in [-0.4, -0.2) is 43.0 Å². The highest BCUT2D eigenvalue weighted by Crippen LogP contribution is 1.99. The Morgan fingerprint density at radius 1 is 1.08 bits per heavy atom. The Kier molecular flexibility index (Phi) is 6.37. The number of rotatable bonds is 5. The Balaban J connectivity index is 3.69. The van der Waals surface area contributed by atoms with Gasteiger partial charge in [0.1, 0.15) is 0 Å². The molecule has 0 N–H and O–H groups in total. The van der Waals surface area contributed by atoms with E-state index < -0.39 is 0 Å². The number of urea groups is 1. The first-order valence-electron chi connectivity index (χ1n) is 5.09. The maximum Gasteiger partial charge on any atom is 0.319 e. The van der Waals surface area contributed by atoms with E-state index in [0.29, 0.717) is 0 Å². The Morgan fingerprint density at radius 2 is 1.69 bits per heavy atom. The molecule has 0 atom stereocenters. The van der Waals surface area contributed by atoms with E-state index in [0.717, 1.165) is 19.5 Å². The average molecular weight is 186 g/mol. The van der Waals surface area contributed by atoms with Crippen molar-refractivity contribution < 1.29 is 4.79 Å². The second-order valence-electron chi connectivity index (χ2n) is 3.43. The second-order valence-corrected chi connectivity index (χ2v) is 3.43. The summed E-state index contributed by atoms with van der Waals surface area (Å²) in [6.07, 6.45) is 3.51. The van der Waals surface area contributed by atoms with Crippen LogP contribution in [0.4, 0.5) is 4.79 Å². The summed E-state index contributed by atoms with van der Waals surface area (Å²) in [5.41, 5.74) is 0. The quantitative estimate of drug-likeness (QED) is 0.604. The number of carbonyl (C=O) groups is 1. The molecule has 0 unspecified atom stereocenters. The lowest BCUT2D eigenvalue weighted by Crippen LogP contribution is -2.39. The first-order chi connectivity index (χ1) is 6.13. The fraction of sp³-hybridized carbons (Fsp3) is 0.900. The number of unbranched alkanes of at least 4 members (excludes halogenated alkanes) is 2. The van der Waals surface area contributed by atoms with Crippen molar-refractivity contribution in [1.82, 2.24) is 9.80 Å². The highest BCUT2D eigenvalue weighted by molar-refractivity contribution is 5.73. The molecule has 0 saturated heterocycles. The molecule has 0 aromatic rings. The average Bonchev–Trinajstić information content (AvgIpc) is 2.15. The van der Waals surface area contributed by atoms with Crippen LogP contribution in [0, 0.1) is 0 Å². The van der Waals surface area contributed by atoms with Gasteiger partial charge in [0.05, 0.1) is 0 Å². The van der Waals surface area contributed by atoms with E-state index in [-0.39, 0.29) is 6.03 Å². The minimum atomic E-state index is 0.124. The summed E-state index contributed by atoms with van der Waals surface area (Å²) < 4.78 is 0. The highest BCUT2D eigenvalue weighted by atomic mass is 16.2. The largest absolute Gasteiger partial charge is 0.328 e. The van der Waals surface area contributed by atoms with Crippen molar-refractivity contribution in [3.8, 4) is 0 Å². The van der Waals surface area contributed by atoms with E-state index in [2.05, 4.69) is 6.92 Å². The molecule has 0 aromatic carbocycles. The Morgan fingerprint density at radius 3 is 2.15 bits per heavy atom. The third-order valence-electron chi connectivity index (χ3n) is 2.22. The first-order valence-corrected chi connectivity index (χ1v) is 5.09. The minimum Gasteiger partial charge on any atom is -0.328 e. The van der Waals surface area contributed by atoms with Crippen molar-refractivity contribution in [2.75, 3.05) is 27.2 Å². The van der Waals surface area contributed by atoms with Gasteiger partial charge < -0.3 is 9.80 Å². The summed E-state index contributed by atoms with van der Waals surface area (Å²) in [6.45, 7) is 5.80. The highest BCUT2D eigenvalue weighted by Gasteiger charge is 2.10. The van der Waals surface area contributed by atoms with Crippen LogP contribution in [0.5, 0.6) is 0 Å². The molecule has 13 heavy (non-hydrogen) atoms. The summed E-state index contributed by atoms with van der Waals surface area (Å²) in [6, 6.07) is 0.124. The van der Waals surface area contributed by atoms with E-state index in [1.807, 2.05) is 21.0 Å². The molecule has 0 rings (SSSR count). The van der Waals surface area contributed by atoms with Gasteiger partial charge >= 0.3 is 6.03 Å². The van der Waals surface area contributed by atoms with Crippen molar-refractivity contribution >= 4 is 6.03 Å². The third kappa shape index (κ3) is 4.76. The lowest BCUT2D eigenvalue weighted by atomic mass is 10.2. The number of hydrogen-bond acceptors (Lipinski definition) is 1. The number of amides is 2. The van der Waals surface area contributed by atoms with Gasteiger partial charge in [-0.1, -0.05) is 19.8 Å². The maximum atomic E-state index is 11.5. The summed E-state index contributed by atoms with van der Waals surface area (Å²) >= 11 is 0. The fourth-order valence-corrected chi connectivity index (χ4v) is 1.12. The fourth-order valence-electron chi connectivity index (χ4n) is 1.12. The van der Waals surface area contributed by atoms with Crippen LogP contribution in [0.1, 0.15) is 33.1 Å². The molecule has 0 aromatic heterocycles. The normalized spacial score (nSPS) is 9.85. The summed E-state index contributed by atoms with van der Waals surface area (Å²) in [5.74, 6) is 0. The van der Waals surface area contributed by atoms with Crippen molar-refractivity contribution in [3.05, 3.63) is 0 Å². The van der Waals surface area contributed by atoms with Gasteiger partial charge in [-0.2, -0.15) is 0 Å². The van der Waals surface area contributed by atoms with Crippen molar-refractivity contribution in [2.45, 2.75) is 33.1 Å². The molecule has 3 heteroatoms. The van der Waals surface area contributed by atoms with Crippen LogP contribution in [0.25, 0.3) is 0 Å². The van der Waals surface area contributed by atoms with Crippen LogP contribution >= 0.6 is 0 Å². The predicted octanol–water partition coefficient (Wildman–Crippen LogP) is 2.18. The zero-order valence-electron chi connectivity index (χ0n) is 9.34. The third-order valence-corrected chi connectivity index (χ3v) is 2.22. The van der Waals surface area contributed by atoms with E-state index in [1.165, 1.54) is 12.8 Å². The van der Waals surface area contributed by atoms with Crippen molar-refractivity contribution in [1.29, 1.82) is 0 Å². The molecule has 0 saturated carbocycles. The summed E-state index contributed by atoms with van der Waals surface area (Å²) in [7, 11) is 3.70. The van der Waals surface area contributed by atoms with Crippen LogP contribution in [0.15, 0.2) is 0 Å². The zero-order chi connectivity index (χ0) is 10.3. The van der Waals surface area contributed by atoms with Crippen LogP contribution < -0.4 is 0 Å². The molecule has 0 radical (unpaired) electrons. The molecular weight excluding hydrogens is 164 g/mol. The molecule has 0 heterocycles. The van der Waals surface area contributed by atoms with Gasteiger partial charge in [-0.15, -0.1) is 0 Å². The van der Waals surface area contributed by atoms with Crippen LogP contribution in [-0.2, 0) is 0 Å². The Hall–Kier alpha value is -0.730. The standard InChI is InChI=1S/C10H22N2O/c1-5-7-8-9-12(4)10(13)11(3)6-2/h5-9H2,1-4H3. The number of carbonyl (C=O) groups excluding carboxylic acids is 1. The SMILES string of the molecule is CCCCCN(C)C(=O)N(C)CC. The Labute approximate surface area is 81.7 Å². The Bertz CT molecular complexity index is 148. The maximum absolute atomic E-state index is 11.5. The summed E-state index contributed by atoms with van der Waals surface area (Å²) in [4.78, 5) is 15.0. The molecule has 0 aliphatic rings. The van der Waals surface area contributed by atoms with Gasteiger partial charge in [0.2, 0.25) is 0 Å². The predicted molar refractivity (Wildman–Crippen MR) is 55.9 cm³/mol. The molecule has 3 nitrogen and oxygen atoms in total. The van der Waals surface area contributed by atoms with Gasteiger partial charge in [-0.3, -0.25) is 0 Å².